The number of furan rings is 3. The first-order valence-corrected chi connectivity index (χ1v) is 24.0. The lowest BCUT2D eigenvalue weighted by Crippen LogP contribution is -2.13. The molecule has 15 aromatic rings. The van der Waals surface area contributed by atoms with Gasteiger partial charge in [0.05, 0.1) is 34.1 Å². The summed E-state index contributed by atoms with van der Waals surface area (Å²) in [5, 5.41) is 13.5. The van der Waals surface area contributed by atoms with Crippen molar-refractivity contribution >= 4 is 132 Å². The smallest absolute Gasteiger partial charge is 0.159 e. The van der Waals surface area contributed by atoms with Crippen molar-refractivity contribution in [1.29, 1.82) is 0 Å². The Morgan fingerprint density at radius 3 is 1.17 bits per heavy atom. The Morgan fingerprint density at radius 2 is 0.657 bits per heavy atom. The van der Waals surface area contributed by atoms with Crippen LogP contribution in [0.15, 0.2) is 232 Å². The van der Waals surface area contributed by atoms with E-state index in [0.717, 1.165) is 117 Å². The van der Waals surface area contributed by atoms with E-state index in [-0.39, 0.29) is 0 Å². The molecule has 0 fully saturated rings. The lowest BCUT2D eigenvalue weighted by atomic mass is 9.91. The third-order valence-electron chi connectivity index (χ3n) is 15.0. The van der Waals surface area contributed by atoms with Gasteiger partial charge in [-0.1, -0.05) is 164 Å². The van der Waals surface area contributed by atoms with E-state index in [1.54, 1.807) is 0 Å². The Bertz CT molecular complexity index is 4550. The minimum absolute atomic E-state index is 0.817. The van der Waals surface area contributed by atoms with Gasteiger partial charge >= 0.3 is 0 Å². The molecule has 16 rings (SSSR count). The number of hydrogen-bond donors (Lipinski definition) is 0. The SMILES string of the molecule is c1ccc2c(c1)Cc1c-2cccc1N(c1ccc2ccc3c(N(c4cccc5c4oc4ccccc45)c4cccc5c4oc4ccccc45)ccc4ccc1c2c43)c1cccc2c1oc1ccccc12. The summed E-state index contributed by atoms with van der Waals surface area (Å²) >= 11 is 0. The average molecular weight is 895 g/mol. The van der Waals surface area contributed by atoms with Crippen LogP contribution in [-0.4, -0.2) is 0 Å². The van der Waals surface area contributed by atoms with Gasteiger partial charge < -0.3 is 23.1 Å². The maximum absolute atomic E-state index is 6.88. The van der Waals surface area contributed by atoms with Crippen molar-refractivity contribution in [3.8, 4) is 11.1 Å². The molecule has 0 aliphatic heterocycles. The van der Waals surface area contributed by atoms with Crippen LogP contribution in [-0.2, 0) is 6.42 Å². The van der Waals surface area contributed by atoms with Gasteiger partial charge in [-0.05, 0) is 98.4 Å². The normalized spacial score (nSPS) is 12.5. The van der Waals surface area contributed by atoms with Crippen LogP contribution < -0.4 is 9.80 Å². The fourth-order valence-electron chi connectivity index (χ4n) is 12.0. The molecule has 0 unspecified atom stereocenters. The van der Waals surface area contributed by atoms with Crippen molar-refractivity contribution < 1.29 is 13.3 Å². The molecule has 0 N–H and O–H groups in total. The molecule has 0 atom stereocenters. The lowest BCUT2D eigenvalue weighted by Gasteiger charge is -2.30. The molecular weight excluding hydrogens is 857 g/mol. The van der Waals surface area contributed by atoms with Gasteiger partial charge in [-0.2, -0.15) is 0 Å². The van der Waals surface area contributed by atoms with Crippen molar-refractivity contribution in [2.45, 2.75) is 6.42 Å². The summed E-state index contributed by atoms with van der Waals surface area (Å²) < 4.78 is 20.6. The molecule has 3 aromatic heterocycles. The summed E-state index contributed by atoms with van der Waals surface area (Å²) in [4.78, 5) is 4.83. The van der Waals surface area contributed by atoms with Gasteiger partial charge in [0.15, 0.2) is 16.7 Å². The number of anilines is 6. The van der Waals surface area contributed by atoms with Crippen molar-refractivity contribution in [3.05, 3.63) is 230 Å². The van der Waals surface area contributed by atoms with Gasteiger partial charge in [-0.15, -0.1) is 0 Å². The molecule has 12 aromatic carbocycles. The molecule has 5 heteroatoms. The van der Waals surface area contributed by atoms with Crippen LogP contribution in [0.25, 0.3) is 109 Å². The van der Waals surface area contributed by atoms with Gasteiger partial charge in [0.1, 0.15) is 16.7 Å². The number of benzene rings is 12. The molecular formula is C65H38N2O3. The predicted molar refractivity (Wildman–Crippen MR) is 290 cm³/mol. The molecule has 0 saturated heterocycles. The summed E-state index contributed by atoms with van der Waals surface area (Å²) in [7, 11) is 0. The first kappa shape index (κ1) is 37.7. The molecule has 1 aliphatic rings. The van der Waals surface area contributed by atoms with Gasteiger partial charge in [0, 0.05) is 49.5 Å². The van der Waals surface area contributed by atoms with Gasteiger partial charge in [-0.25, -0.2) is 0 Å². The minimum Gasteiger partial charge on any atom is -0.454 e. The lowest BCUT2D eigenvalue weighted by molar-refractivity contribution is 0.666. The molecule has 5 nitrogen and oxygen atoms in total. The molecule has 70 heavy (non-hydrogen) atoms. The van der Waals surface area contributed by atoms with Crippen LogP contribution in [0, 0.1) is 0 Å². The van der Waals surface area contributed by atoms with E-state index < -0.39 is 0 Å². The number of hydrogen-bond acceptors (Lipinski definition) is 5. The average Bonchev–Trinajstić information content (AvgIpc) is 4.20. The Hall–Kier alpha value is -9.32. The molecule has 0 radical (unpaired) electrons. The minimum atomic E-state index is 0.817. The summed E-state index contributed by atoms with van der Waals surface area (Å²) in [6.07, 6.45) is 0.843. The highest BCUT2D eigenvalue weighted by Crippen LogP contribution is 2.53. The fraction of sp³-hybridized carbons (Fsp3) is 0.0154. The predicted octanol–water partition coefficient (Wildman–Crippen LogP) is 18.8. The van der Waals surface area contributed by atoms with E-state index in [0.29, 0.717) is 0 Å². The molecule has 0 spiro atoms. The second-order valence-corrected chi connectivity index (χ2v) is 18.7. The third kappa shape index (κ3) is 5.15. The molecule has 0 saturated carbocycles. The second-order valence-electron chi connectivity index (χ2n) is 18.7. The van der Waals surface area contributed by atoms with Crippen LogP contribution in [0.4, 0.5) is 34.1 Å². The Labute approximate surface area is 400 Å². The van der Waals surface area contributed by atoms with E-state index in [4.69, 9.17) is 13.3 Å². The van der Waals surface area contributed by atoms with Crippen molar-refractivity contribution in [2.24, 2.45) is 0 Å². The largest absolute Gasteiger partial charge is 0.454 e. The highest BCUT2D eigenvalue weighted by molar-refractivity contribution is 6.29. The summed E-state index contributed by atoms with van der Waals surface area (Å²) in [6, 6.07) is 78.5. The zero-order valence-corrected chi connectivity index (χ0v) is 37.6. The first-order valence-electron chi connectivity index (χ1n) is 24.0. The highest BCUT2D eigenvalue weighted by Gasteiger charge is 2.30. The van der Waals surface area contributed by atoms with Crippen LogP contribution in [0.3, 0.4) is 0 Å². The van der Waals surface area contributed by atoms with Gasteiger partial charge in [-0.3, -0.25) is 0 Å². The Morgan fingerprint density at radius 1 is 0.271 bits per heavy atom. The molecule has 326 valence electrons. The van der Waals surface area contributed by atoms with Crippen LogP contribution in [0.5, 0.6) is 0 Å². The molecule has 3 heterocycles. The number of nitrogens with zero attached hydrogens (tertiary/aromatic N) is 2. The number of rotatable bonds is 6. The zero-order chi connectivity index (χ0) is 45.6. The summed E-state index contributed by atoms with van der Waals surface area (Å²) in [5.41, 5.74) is 16.4. The monoisotopic (exact) mass is 894 g/mol. The van der Waals surface area contributed by atoms with Crippen LogP contribution in [0.1, 0.15) is 11.1 Å². The number of fused-ring (bicyclic) bond motifs is 12. The maximum Gasteiger partial charge on any atom is 0.159 e. The van der Waals surface area contributed by atoms with E-state index >= 15 is 0 Å². The Balaban J connectivity index is 0.986. The van der Waals surface area contributed by atoms with Crippen molar-refractivity contribution in [3.63, 3.8) is 0 Å². The van der Waals surface area contributed by atoms with Crippen LogP contribution in [0.2, 0.25) is 0 Å². The molecule has 0 amide bonds. The highest BCUT2D eigenvalue weighted by atomic mass is 16.3. The standard InChI is InChI=1S/C65H38N2O3/c1-2-14-41-40(13-1)37-51-42(41)18-9-22-52(51)66(55-23-10-19-46-43-15-3-6-26-58(43)68-63(46)55)53-35-31-38-30-34-50-54(36-32-39-29-33-49(53)61(38)62(39)50)67(56-24-11-20-47-44-16-4-7-27-59(44)69-64(47)56)57-25-12-21-48-45-17-5-8-28-60(45)70-65(48)57/h1-36H,37H2. The quantitative estimate of drug-likeness (QED) is 0.156. The molecule has 1 aliphatic carbocycles. The molecule has 0 bridgehead atoms. The third-order valence-corrected chi connectivity index (χ3v) is 15.0. The van der Waals surface area contributed by atoms with Crippen LogP contribution >= 0.6 is 0 Å². The fourth-order valence-corrected chi connectivity index (χ4v) is 12.0. The van der Waals surface area contributed by atoms with E-state index in [9.17, 15) is 0 Å². The topological polar surface area (TPSA) is 45.9 Å². The van der Waals surface area contributed by atoms with Gasteiger partial charge in [0.25, 0.3) is 0 Å². The van der Waals surface area contributed by atoms with Crippen molar-refractivity contribution in [2.75, 3.05) is 9.80 Å². The zero-order valence-electron chi connectivity index (χ0n) is 37.6. The number of para-hydroxylation sites is 6. The van der Waals surface area contributed by atoms with E-state index in [1.807, 2.05) is 18.2 Å². The van der Waals surface area contributed by atoms with E-state index in [2.05, 4.69) is 210 Å². The maximum atomic E-state index is 6.88. The van der Waals surface area contributed by atoms with Crippen molar-refractivity contribution in [1.82, 2.24) is 0 Å². The summed E-state index contributed by atoms with van der Waals surface area (Å²) in [6.45, 7) is 0. The Kier molecular flexibility index (Phi) is 7.61. The second kappa shape index (κ2) is 14.1. The first-order chi connectivity index (χ1) is 34.7. The van der Waals surface area contributed by atoms with E-state index in [1.165, 1.54) is 43.8 Å². The summed E-state index contributed by atoms with van der Waals surface area (Å²) in [5.74, 6) is 0. The van der Waals surface area contributed by atoms with Gasteiger partial charge in [0.2, 0.25) is 0 Å².